The Balaban J connectivity index is 1.96. The maximum absolute atomic E-state index is 12.3. The average molecular weight is 438 g/mol. The number of rotatable bonds is 10. The number of benzene rings is 2. The van der Waals surface area contributed by atoms with E-state index in [4.69, 9.17) is 0 Å². The van der Waals surface area contributed by atoms with E-state index in [-0.39, 0.29) is 16.9 Å². The highest BCUT2D eigenvalue weighted by Gasteiger charge is 2.25. The van der Waals surface area contributed by atoms with Gasteiger partial charge in [0.05, 0.1) is 22.4 Å². The van der Waals surface area contributed by atoms with Crippen molar-refractivity contribution in [3.63, 3.8) is 0 Å². The summed E-state index contributed by atoms with van der Waals surface area (Å²) < 4.78 is 25.3. The number of anilines is 1. The molecule has 0 unspecified atom stereocenters. The minimum absolute atomic E-state index is 0.121. The predicted molar refractivity (Wildman–Crippen MR) is 116 cm³/mol. The standard InChI is InChI=1S/C19H23N3O5S2/c1-15-17(9-6-10-18(15)22(24)25)21(29(2,26)27)13-19(23)20-11-12-28-14-16-7-4-3-5-8-16/h3-10H,11-14H2,1-2H3,(H,20,23). The van der Waals surface area contributed by atoms with Crippen LogP contribution < -0.4 is 9.62 Å². The lowest BCUT2D eigenvalue weighted by Gasteiger charge is -2.23. The second-order valence-corrected chi connectivity index (χ2v) is 9.35. The fraction of sp³-hybridized carbons (Fsp3) is 0.316. The molecule has 0 radical (unpaired) electrons. The van der Waals surface area contributed by atoms with Gasteiger partial charge in [0, 0.05) is 24.1 Å². The number of carbonyl (C=O) groups is 1. The number of sulfonamides is 1. The zero-order valence-electron chi connectivity index (χ0n) is 16.2. The molecule has 0 aliphatic rings. The van der Waals surface area contributed by atoms with Crippen molar-refractivity contribution in [1.29, 1.82) is 0 Å². The van der Waals surface area contributed by atoms with E-state index in [2.05, 4.69) is 5.32 Å². The largest absolute Gasteiger partial charge is 0.354 e. The minimum Gasteiger partial charge on any atom is -0.354 e. The Labute approximate surface area is 174 Å². The molecule has 0 bridgehead atoms. The molecule has 0 aliphatic heterocycles. The third-order valence-electron chi connectivity index (χ3n) is 4.11. The number of nitro benzene ring substituents is 1. The second kappa shape index (κ2) is 10.3. The smallest absolute Gasteiger partial charge is 0.274 e. The maximum Gasteiger partial charge on any atom is 0.274 e. The summed E-state index contributed by atoms with van der Waals surface area (Å²) in [6.07, 6.45) is 0.967. The Kier molecular flexibility index (Phi) is 8.03. The van der Waals surface area contributed by atoms with Crippen LogP contribution in [0.5, 0.6) is 0 Å². The Hall–Kier alpha value is -2.59. The number of nitro groups is 1. The van der Waals surface area contributed by atoms with Crippen LogP contribution in [0.4, 0.5) is 11.4 Å². The van der Waals surface area contributed by atoms with Gasteiger partial charge in [-0.05, 0) is 18.6 Å². The summed E-state index contributed by atoms with van der Waals surface area (Å²) in [6, 6.07) is 14.1. The number of carbonyl (C=O) groups excluding carboxylic acids is 1. The van der Waals surface area contributed by atoms with Crippen LogP contribution in [0.2, 0.25) is 0 Å². The number of thioether (sulfide) groups is 1. The summed E-state index contributed by atoms with van der Waals surface area (Å²) >= 11 is 1.66. The van der Waals surface area contributed by atoms with Crippen molar-refractivity contribution in [2.75, 3.05) is 29.4 Å². The first kappa shape index (κ1) is 22.7. The molecule has 29 heavy (non-hydrogen) atoms. The van der Waals surface area contributed by atoms with Gasteiger partial charge in [0.15, 0.2) is 0 Å². The summed E-state index contributed by atoms with van der Waals surface area (Å²) in [7, 11) is -3.80. The summed E-state index contributed by atoms with van der Waals surface area (Å²) in [4.78, 5) is 22.8. The summed E-state index contributed by atoms with van der Waals surface area (Å²) in [5.74, 6) is 1.02. The van der Waals surface area contributed by atoms with Crippen molar-refractivity contribution in [3.05, 3.63) is 69.8 Å². The van der Waals surface area contributed by atoms with Gasteiger partial charge in [-0.1, -0.05) is 36.4 Å². The molecule has 0 fully saturated rings. The Morgan fingerprint density at radius 3 is 2.48 bits per heavy atom. The van der Waals surface area contributed by atoms with Gasteiger partial charge in [0.2, 0.25) is 15.9 Å². The van der Waals surface area contributed by atoms with Crippen LogP contribution in [-0.4, -0.2) is 44.3 Å². The van der Waals surface area contributed by atoms with E-state index in [0.29, 0.717) is 12.3 Å². The van der Waals surface area contributed by atoms with Crippen LogP contribution >= 0.6 is 11.8 Å². The Morgan fingerprint density at radius 2 is 1.86 bits per heavy atom. The first-order chi connectivity index (χ1) is 13.7. The lowest BCUT2D eigenvalue weighted by atomic mass is 10.1. The van der Waals surface area contributed by atoms with Crippen molar-refractivity contribution < 1.29 is 18.1 Å². The van der Waals surface area contributed by atoms with Gasteiger partial charge in [-0.3, -0.25) is 19.2 Å². The molecule has 2 rings (SSSR count). The van der Waals surface area contributed by atoms with Crippen LogP contribution in [0.3, 0.4) is 0 Å². The first-order valence-corrected chi connectivity index (χ1v) is 11.8. The fourth-order valence-electron chi connectivity index (χ4n) is 2.67. The molecule has 0 heterocycles. The molecule has 8 nitrogen and oxygen atoms in total. The van der Waals surface area contributed by atoms with Gasteiger partial charge in [0.25, 0.3) is 5.69 Å². The minimum atomic E-state index is -3.80. The molecule has 1 N–H and O–H groups in total. The van der Waals surface area contributed by atoms with Gasteiger partial charge in [-0.25, -0.2) is 8.42 Å². The second-order valence-electron chi connectivity index (χ2n) is 6.34. The van der Waals surface area contributed by atoms with Crippen molar-refractivity contribution in [3.8, 4) is 0 Å². The SMILES string of the molecule is Cc1c(N(CC(=O)NCCSCc2ccccc2)S(C)(=O)=O)cccc1[N+](=O)[O-]. The van der Waals surface area contributed by atoms with E-state index in [1.54, 1.807) is 11.8 Å². The van der Waals surface area contributed by atoms with E-state index < -0.39 is 27.4 Å². The average Bonchev–Trinajstić information content (AvgIpc) is 2.66. The molecule has 0 aromatic heterocycles. The van der Waals surface area contributed by atoms with Crippen molar-refractivity contribution in [2.24, 2.45) is 0 Å². The van der Waals surface area contributed by atoms with Crippen molar-refractivity contribution >= 4 is 39.1 Å². The summed E-state index contributed by atoms with van der Waals surface area (Å²) in [5.41, 5.74) is 1.30. The van der Waals surface area contributed by atoms with Crippen LogP contribution in [0, 0.1) is 17.0 Å². The van der Waals surface area contributed by atoms with E-state index >= 15 is 0 Å². The van der Waals surface area contributed by atoms with E-state index in [9.17, 15) is 23.3 Å². The molecule has 2 aromatic rings. The van der Waals surface area contributed by atoms with Gasteiger partial charge in [0.1, 0.15) is 6.54 Å². The maximum atomic E-state index is 12.3. The highest BCUT2D eigenvalue weighted by Crippen LogP contribution is 2.29. The summed E-state index contributed by atoms with van der Waals surface area (Å²) in [5, 5.41) is 13.8. The van der Waals surface area contributed by atoms with Crippen molar-refractivity contribution in [2.45, 2.75) is 12.7 Å². The third-order valence-corrected chi connectivity index (χ3v) is 6.27. The lowest BCUT2D eigenvalue weighted by molar-refractivity contribution is -0.385. The molecule has 0 spiro atoms. The highest BCUT2D eigenvalue weighted by molar-refractivity contribution is 7.98. The quantitative estimate of drug-likeness (QED) is 0.348. The highest BCUT2D eigenvalue weighted by atomic mass is 32.2. The van der Waals surface area contributed by atoms with E-state index in [0.717, 1.165) is 16.3 Å². The van der Waals surface area contributed by atoms with Crippen LogP contribution in [0.25, 0.3) is 0 Å². The molecular formula is C19H23N3O5S2. The number of nitrogens with one attached hydrogen (secondary N) is 1. The fourth-order valence-corrected chi connectivity index (χ4v) is 4.40. The molecule has 1 amide bonds. The topological polar surface area (TPSA) is 110 Å². The molecule has 2 aromatic carbocycles. The zero-order chi connectivity index (χ0) is 21.4. The number of hydrogen-bond donors (Lipinski definition) is 1. The molecule has 0 saturated heterocycles. The van der Waals surface area contributed by atoms with E-state index in [1.807, 2.05) is 30.3 Å². The number of hydrogen-bond acceptors (Lipinski definition) is 6. The van der Waals surface area contributed by atoms with Crippen LogP contribution in [0.1, 0.15) is 11.1 Å². The Bertz CT molecular complexity index is 965. The van der Waals surface area contributed by atoms with Crippen LogP contribution in [-0.2, 0) is 20.6 Å². The molecule has 0 saturated carbocycles. The number of nitrogens with zero attached hydrogens (tertiary/aromatic N) is 2. The number of amides is 1. The lowest BCUT2D eigenvalue weighted by Crippen LogP contribution is -2.41. The monoisotopic (exact) mass is 437 g/mol. The molecular weight excluding hydrogens is 414 g/mol. The predicted octanol–water partition coefficient (Wildman–Crippen LogP) is 2.72. The van der Waals surface area contributed by atoms with Gasteiger partial charge >= 0.3 is 0 Å². The molecule has 156 valence electrons. The van der Waals surface area contributed by atoms with Crippen molar-refractivity contribution in [1.82, 2.24) is 5.32 Å². The Morgan fingerprint density at radius 1 is 1.17 bits per heavy atom. The normalized spacial score (nSPS) is 11.1. The van der Waals surface area contributed by atoms with E-state index in [1.165, 1.54) is 30.7 Å². The van der Waals surface area contributed by atoms with Gasteiger partial charge in [-0.2, -0.15) is 11.8 Å². The van der Waals surface area contributed by atoms with Crippen LogP contribution in [0.15, 0.2) is 48.5 Å². The third kappa shape index (κ3) is 6.75. The summed E-state index contributed by atoms with van der Waals surface area (Å²) in [6.45, 7) is 1.41. The molecule has 10 heteroatoms. The first-order valence-electron chi connectivity index (χ1n) is 8.80. The molecule has 0 aliphatic carbocycles. The van der Waals surface area contributed by atoms with Gasteiger partial charge in [-0.15, -0.1) is 0 Å². The zero-order valence-corrected chi connectivity index (χ0v) is 17.8. The molecule has 0 atom stereocenters. The van der Waals surface area contributed by atoms with Gasteiger partial charge < -0.3 is 5.32 Å².